The van der Waals surface area contributed by atoms with E-state index in [-0.39, 0.29) is 0 Å². The third-order valence-corrected chi connectivity index (χ3v) is 3.96. The van der Waals surface area contributed by atoms with Crippen molar-refractivity contribution >= 4 is 27.9 Å². The molecule has 2 aromatic carbocycles. The number of nitrogen functional groups attached to an aromatic ring is 1. The summed E-state index contributed by atoms with van der Waals surface area (Å²) in [6.07, 6.45) is 0.798. The topological polar surface area (TPSA) is 48.1 Å². The van der Waals surface area contributed by atoms with E-state index in [1.54, 1.807) is 18.4 Å². The summed E-state index contributed by atoms with van der Waals surface area (Å²) in [5.74, 6) is 1.47. The highest BCUT2D eigenvalue weighted by molar-refractivity contribution is 7.10. The van der Waals surface area contributed by atoms with E-state index in [2.05, 4.69) is 35.3 Å². The molecule has 0 bridgehead atoms. The van der Waals surface area contributed by atoms with E-state index in [0.717, 1.165) is 17.2 Å². The Labute approximate surface area is 115 Å². The summed E-state index contributed by atoms with van der Waals surface area (Å²) < 4.78 is 5.30. The van der Waals surface area contributed by atoms with Gasteiger partial charge in [0, 0.05) is 11.8 Å². The number of benzene rings is 2. The maximum Gasteiger partial charge on any atom is 0.134 e. The zero-order chi connectivity index (χ0) is 13.2. The van der Waals surface area contributed by atoms with Crippen LogP contribution < -0.4 is 10.5 Å². The Kier molecular flexibility index (Phi) is 3.09. The molecule has 2 N–H and O–H groups in total. The Morgan fingerprint density at radius 1 is 1.26 bits per heavy atom. The maximum atomic E-state index is 5.67. The van der Waals surface area contributed by atoms with Crippen molar-refractivity contribution in [2.75, 3.05) is 12.8 Å². The predicted molar refractivity (Wildman–Crippen MR) is 79.8 cm³/mol. The van der Waals surface area contributed by atoms with Gasteiger partial charge in [-0.05, 0) is 28.5 Å². The molecule has 3 rings (SSSR count). The Morgan fingerprint density at radius 2 is 2.16 bits per heavy atom. The van der Waals surface area contributed by atoms with Crippen molar-refractivity contribution in [2.24, 2.45) is 0 Å². The number of ether oxygens (including phenoxy) is 1. The number of methoxy groups -OCH3 is 1. The minimum absolute atomic E-state index is 0.595. The van der Waals surface area contributed by atoms with Crippen LogP contribution >= 0.6 is 11.3 Å². The molecule has 1 aromatic heterocycles. The minimum atomic E-state index is 0.595. The summed E-state index contributed by atoms with van der Waals surface area (Å²) in [5, 5.41) is 5.33. The van der Waals surface area contributed by atoms with Crippen molar-refractivity contribution in [1.82, 2.24) is 4.98 Å². The Morgan fingerprint density at radius 3 is 2.89 bits per heavy atom. The molecule has 1 heterocycles. The van der Waals surface area contributed by atoms with Crippen LogP contribution in [0.25, 0.3) is 10.8 Å². The van der Waals surface area contributed by atoms with E-state index in [9.17, 15) is 0 Å². The highest BCUT2D eigenvalue weighted by atomic mass is 32.1. The number of aromatic nitrogens is 1. The van der Waals surface area contributed by atoms with Gasteiger partial charge in [-0.1, -0.05) is 24.3 Å². The second-order valence-corrected chi connectivity index (χ2v) is 5.29. The fraction of sp³-hybridized carbons (Fsp3) is 0.133. The first kappa shape index (κ1) is 12.0. The van der Waals surface area contributed by atoms with E-state index in [4.69, 9.17) is 10.5 Å². The molecule has 0 saturated carbocycles. The third-order valence-electron chi connectivity index (χ3n) is 3.09. The molecule has 0 amide bonds. The fourth-order valence-electron chi connectivity index (χ4n) is 2.17. The first-order chi connectivity index (χ1) is 9.26. The van der Waals surface area contributed by atoms with Gasteiger partial charge in [0.05, 0.1) is 12.1 Å². The van der Waals surface area contributed by atoms with Crippen LogP contribution in [-0.4, -0.2) is 12.1 Å². The van der Waals surface area contributed by atoms with Crippen molar-refractivity contribution in [3.05, 3.63) is 52.3 Å². The fourth-order valence-corrected chi connectivity index (χ4v) is 2.87. The second kappa shape index (κ2) is 4.90. The molecule has 0 aliphatic carbocycles. The highest BCUT2D eigenvalue weighted by Crippen LogP contribution is 2.26. The molecule has 96 valence electrons. The summed E-state index contributed by atoms with van der Waals surface area (Å²) in [6, 6.07) is 12.4. The normalized spacial score (nSPS) is 10.8. The number of nitrogens with two attached hydrogens (primary N) is 1. The smallest absolute Gasteiger partial charge is 0.134 e. The molecule has 0 aliphatic heterocycles. The Balaban J connectivity index is 2.06. The molecule has 19 heavy (non-hydrogen) atoms. The van der Waals surface area contributed by atoms with Gasteiger partial charge in [0.2, 0.25) is 0 Å². The van der Waals surface area contributed by atoms with Crippen LogP contribution in [0.4, 0.5) is 5.82 Å². The van der Waals surface area contributed by atoms with E-state index in [1.807, 2.05) is 11.4 Å². The number of rotatable bonds is 3. The molecule has 0 fully saturated rings. The number of nitrogens with zero attached hydrogens (tertiary/aromatic N) is 1. The summed E-state index contributed by atoms with van der Waals surface area (Å²) >= 11 is 1.60. The first-order valence-corrected chi connectivity index (χ1v) is 6.90. The van der Waals surface area contributed by atoms with Gasteiger partial charge in [0.25, 0.3) is 0 Å². The molecular weight excluding hydrogens is 256 g/mol. The van der Waals surface area contributed by atoms with Gasteiger partial charge in [0.15, 0.2) is 0 Å². The molecule has 0 saturated heterocycles. The number of thiazole rings is 1. The number of hydrogen-bond donors (Lipinski definition) is 1. The molecule has 0 aliphatic rings. The van der Waals surface area contributed by atoms with Gasteiger partial charge in [-0.25, -0.2) is 4.98 Å². The molecule has 3 aromatic rings. The van der Waals surface area contributed by atoms with Crippen LogP contribution in [-0.2, 0) is 6.42 Å². The van der Waals surface area contributed by atoms with E-state index in [0.29, 0.717) is 5.82 Å². The standard InChI is InChI=1S/C15H14N2OS/c1-18-12-6-5-10-3-2-4-11(13(10)8-12)7-15-17-14(16)9-19-15/h2-6,8-9H,7,16H2,1H3. The summed E-state index contributed by atoms with van der Waals surface area (Å²) in [4.78, 5) is 4.32. The van der Waals surface area contributed by atoms with Gasteiger partial charge >= 0.3 is 0 Å². The largest absolute Gasteiger partial charge is 0.497 e. The Hall–Kier alpha value is -2.07. The molecule has 4 heteroatoms. The zero-order valence-electron chi connectivity index (χ0n) is 10.6. The van der Waals surface area contributed by atoms with Crippen molar-refractivity contribution < 1.29 is 4.74 Å². The van der Waals surface area contributed by atoms with Crippen molar-refractivity contribution in [2.45, 2.75) is 6.42 Å². The summed E-state index contributed by atoms with van der Waals surface area (Å²) in [6.45, 7) is 0. The van der Waals surface area contributed by atoms with Crippen LogP contribution in [0.2, 0.25) is 0 Å². The zero-order valence-corrected chi connectivity index (χ0v) is 11.4. The van der Waals surface area contributed by atoms with E-state index < -0.39 is 0 Å². The van der Waals surface area contributed by atoms with Gasteiger partial charge in [-0.15, -0.1) is 11.3 Å². The second-order valence-electron chi connectivity index (χ2n) is 4.35. The quantitative estimate of drug-likeness (QED) is 0.792. The van der Waals surface area contributed by atoms with Crippen LogP contribution in [0.1, 0.15) is 10.6 Å². The van der Waals surface area contributed by atoms with E-state index in [1.165, 1.54) is 16.3 Å². The lowest BCUT2D eigenvalue weighted by Gasteiger charge is -2.07. The summed E-state index contributed by atoms with van der Waals surface area (Å²) in [7, 11) is 1.69. The molecule has 3 nitrogen and oxygen atoms in total. The minimum Gasteiger partial charge on any atom is -0.497 e. The molecule has 0 atom stereocenters. The summed E-state index contributed by atoms with van der Waals surface area (Å²) in [5.41, 5.74) is 6.91. The molecule has 0 spiro atoms. The van der Waals surface area contributed by atoms with Crippen LogP contribution in [0, 0.1) is 0 Å². The molecular formula is C15H14N2OS. The van der Waals surface area contributed by atoms with Gasteiger partial charge in [-0.2, -0.15) is 0 Å². The molecule has 0 radical (unpaired) electrons. The highest BCUT2D eigenvalue weighted by Gasteiger charge is 2.06. The van der Waals surface area contributed by atoms with E-state index >= 15 is 0 Å². The van der Waals surface area contributed by atoms with Crippen LogP contribution in [0.3, 0.4) is 0 Å². The monoisotopic (exact) mass is 270 g/mol. The SMILES string of the molecule is COc1ccc2cccc(Cc3nc(N)cs3)c2c1. The molecule has 0 unspecified atom stereocenters. The average Bonchev–Trinajstić information content (AvgIpc) is 2.84. The first-order valence-electron chi connectivity index (χ1n) is 6.02. The van der Waals surface area contributed by atoms with Crippen molar-refractivity contribution in [1.29, 1.82) is 0 Å². The van der Waals surface area contributed by atoms with Crippen LogP contribution in [0.5, 0.6) is 5.75 Å². The lowest BCUT2D eigenvalue weighted by Crippen LogP contribution is -1.91. The predicted octanol–water partition coefficient (Wildman–Crippen LogP) is 3.48. The maximum absolute atomic E-state index is 5.67. The third kappa shape index (κ3) is 2.39. The van der Waals surface area contributed by atoms with Gasteiger partial charge in [-0.3, -0.25) is 0 Å². The van der Waals surface area contributed by atoms with Crippen LogP contribution in [0.15, 0.2) is 41.8 Å². The lowest BCUT2D eigenvalue weighted by molar-refractivity contribution is 0.415. The number of hydrogen-bond acceptors (Lipinski definition) is 4. The van der Waals surface area contributed by atoms with Gasteiger partial charge in [0.1, 0.15) is 11.6 Å². The number of anilines is 1. The van der Waals surface area contributed by atoms with Crippen molar-refractivity contribution in [3.8, 4) is 5.75 Å². The van der Waals surface area contributed by atoms with Gasteiger partial charge < -0.3 is 10.5 Å². The number of fused-ring (bicyclic) bond motifs is 1. The Bertz CT molecular complexity index is 721. The lowest BCUT2D eigenvalue weighted by atomic mass is 10.0. The average molecular weight is 270 g/mol. The van der Waals surface area contributed by atoms with Crippen molar-refractivity contribution in [3.63, 3.8) is 0 Å².